The number of Topliss-reactive ketones (excluding diaryl/α,β-unsaturated/α-hetero) is 1. The molecule has 2 aromatic rings. The Balaban J connectivity index is 1.39. The topological polar surface area (TPSA) is 100 Å². The summed E-state index contributed by atoms with van der Waals surface area (Å²) in [4.78, 5) is 36.1. The number of ketones is 1. The minimum absolute atomic E-state index is 0.0668. The smallest absolute Gasteiger partial charge is 0.351 e. The second-order valence-electron chi connectivity index (χ2n) is 6.39. The number of amides is 1. The highest BCUT2D eigenvalue weighted by Crippen LogP contribution is 2.33. The van der Waals surface area contributed by atoms with E-state index in [1.54, 1.807) is 43.3 Å². The summed E-state index contributed by atoms with van der Waals surface area (Å²) >= 11 is 0. The van der Waals surface area contributed by atoms with Crippen LogP contribution in [-0.2, 0) is 14.3 Å². The first kappa shape index (κ1) is 17.8. The molecule has 1 amide bonds. The first-order valence-electron chi connectivity index (χ1n) is 8.70. The number of carbonyl (C=O) groups is 3. The normalized spacial score (nSPS) is 19.7. The number of ether oxygens (including phenoxy) is 4. The van der Waals surface area contributed by atoms with E-state index in [0.717, 1.165) is 0 Å². The summed E-state index contributed by atoms with van der Waals surface area (Å²) in [6.07, 6.45) is -1.53. The van der Waals surface area contributed by atoms with Crippen LogP contribution in [0.2, 0.25) is 0 Å². The molecule has 8 heteroatoms. The summed E-state index contributed by atoms with van der Waals surface area (Å²) in [6, 6.07) is 11.6. The summed E-state index contributed by atoms with van der Waals surface area (Å²) in [5, 5.41) is 2.63. The van der Waals surface area contributed by atoms with Crippen molar-refractivity contribution in [3.05, 3.63) is 48.0 Å². The molecule has 1 N–H and O–H groups in total. The van der Waals surface area contributed by atoms with Crippen LogP contribution in [0, 0.1) is 0 Å². The second-order valence-corrected chi connectivity index (χ2v) is 6.39. The van der Waals surface area contributed by atoms with Crippen LogP contribution in [-0.4, -0.2) is 43.1 Å². The lowest BCUT2D eigenvalue weighted by molar-refractivity contribution is -0.156. The molecule has 0 spiro atoms. The van der Waals surface area contributed by atoms with Crippen LogP contribution in [0.4, 0.5) is 5.69 Å². The van der Waals surface area contributed by atoms with Gasteiger partial charge in [-0.1, -0.05) is 12.1 Å². The largest absolute Gasteiger partial charge is 0.482 e. The van der Waals surface area contributed by atoms with Crippen LogP contribution in [0.1, 0.15) is 17.3 Å². The van der Waals surface area contributed by atoms with E-state index in [9.17, 15) is 14.4 Å². The van der Waals surface area contributed by atoms with Gasteiger partial charge in [0.25, 0.3) is 5.91 Å². The van der Waals surface area contributed by atoms with Crippen molar-refractivity contribution in [2.75, 3.05) is 18.5 Å². The van der Waals surface area contributed by atoms with Gasteiger partial charge in [0, 0.05) is 5.56 Å². The highest BCUT2D eigenvalue weighted by Gasteiger charge is 2.35. The number of hydrogen-bond acceptors (Lipinski definition) is 7. The monoisotopic (exact) mass is 383 g/mol. The summed E-state index contributed by atoms with van der Waals surface area (Å²) in [6.45, 7) is 1.17. The summed E-state index contributed by atoms with van der Waals surface area (Å²) in [5.74, 6) is 0.0686. The van der Waals surface area contributed by atoms with E-state index in [0.29, 0.717) is 22.9 Å². The van der Waals surface area contributed by atoms with Crippen molar-refractivity contribution in [3.8, 4) is 17.2 Å². The molecule has 2 heterocycles. The van der Waals surface area contributed by atoms with Gasteiger partial charge in [-0.3, -0.25) is 9.59 Å². The van der Waals surface area contributed by atoms with Crippen LogP contribution < -0.4 is 19.5 Å². The number of hydrogen-bond donors (Lipinski definition) is 1. The van der Waals surface area contributed by atoms with Crippen molar-refractivity contribution in [1.82, 2.24) is 0 Å². The van der Waals surface area contributed by atoms with Crippen molar-refractivity contribution in [3.63, 3.8) is 0 Å². The third kappa shape index (κ3) is 3.48. The molecule has 0 saturated heterocycles. The standard InChI is InChI=1S/C20H17NO7/c1-11-19(28-17-5-3-2-4-16(17)27-11)20(24)26-9-14(22)12-6-7-15-13(8-12)21-18(23)10-25-15/h2-8,11,19H,9-10H2,1H3,(H,21,23)/t11-,19-/m0/s1. The molecular weight excluding hydrogens is 366 g/mol. The molecule has 0 saturated carbocycles. The maximum Gasteiger partial charge on any atom is 0.351 e. The van der Waals surface area contributed by atoms with Crippen LogP contribution in [0.3, 0.4) is 0 Å². The summed E-state index contributed by atoms with van der Waals surface area (Å²) in [5.41, 5.74) is 0.694. The molecule has 28 heavy (non-hydrogen) atoms. The molecular formula is C20H17NO7. The van der Waals surface area contributed by atoms with E-state index in [4.69, 9.17) is 18.9 Å². The van der Waals surface area contributed by atoms with Crippen molar-refractivity contribution in [2.24, 2.45) is 0 Å². The van der Waals surface area contributed by atoms with Gasteiger partial charge in [0.1, 0.15) is 11.9 Å². The number of anilines is 1. The van der Waals surface area contributed by atoms with Gasteiger partial charge in [0.15, 0.2) is 30.5 Å². The zero-order valence-corrected chi connectivity index (χ0v) is 15.0. The average molecular weight is 383 g/mol. The quantitative estimate of drug-likeness (QED) is 0.636. The highest BCUT2D eigenvalue weighted by atomic mass is 16.6. The predicted octanol–water partition coefficient (Wildman–Crippen LogP) is 1.97. The fourth-order valence-corrected chi connectivity index (χ4v) is 2.94. The Kier molecular flexibility index (Phi) is 4.60. The lowest BCUT2D eigenvalue weighted by atomic mass is 10.1. The van der Waals surface area contributed by atoms with E-state index in [1.165, 1.54) is 6.07 Å². The fraction of sp³-hybridized carbons (Fsp3) is 0.250. The van der Waals surface area contributed by atoms with Gasteiger partial charge < -0.3 is 24.3 Å². The van der Waals surface area contributed by atoms with Gasteiger partial charge in [-0.25, -0.2) is 4.79 Å². The van der Waals surface area contributed by atoms with E-state index in [-0.39, 0.29) is 18.1 Å². The van der Waals surface area contributed by atoms with E-state index in [2.05, 4.69) is 5.32 Å². The van der Waals surface area contributed by atoms with Crippen LogP contribution in [0.5, 0.6) is 17.2 Å². The first-order valence-corrected chi connectivity index (χ1v) is 8.70. The molecule has 0 aromatic heterocycles. The Morgan fingerprint density at radius 1 is 1.11 bits per heavy atom. The molecule has 0 bridgehead atoms. The van der Waals surface area contributed by atoms with Crippen molar-refractivity contribution >= 4 is 23.3 Å². The Morgan fingerprint density at radius 3 is 2.64 bits per heavy atom. The Bertz CT molecular complexity index is 955. The number of esters is 1. The molecule has 4 rings (SSSR count). The number of nitrogens with one attached hydrogen (secondary N) is 1. The van der Waals surface area contributed by atoms with Gasteiger partial charge in [0.05, 0.1) is 5.69 Å². The Morgan fingerprint density at radius 2 is 1.86 bits per heavy atom. The molecule has 2 aromatic carbocycles. The predicted molar refractivity (Wildman–Crippen MR) is 96.8 cm³/mol. The van der Waals surface area contributed by atoms with Gasteiger partial charge >= 0.3 is 5.97 Å². The molecule has 2 aliphatic rings. The number of fused-ring (bicyclic) bond motifs is 2. The number of carbonyl (C=O) groups excluding carboxylic acids is 3. The molecule has 8 nitrogen and oxygen atoms in total. The second kappa shape index (κ2) is 7.22. The average Bonchev–Trinajstić information content (AvgIpc) is 2.70. The van der Waals surface area contributed by atoms with Crippen molar-refractivity contribution in [2.45, 2.75) is 19.1 Å². The van der Waals surface area contributed by atoms with Crippen LogP contribution in [0.25, 0.3) is 0 Å². The first-order chi connectivity index (χ1) is 13.5. The maximum atomic E-state index is 12.4. The summed E-state index contributed by atoms with van der Waals surface area (Å²) in [7, 11) is 0. The van der Waals surface area contributed by atoms with E-state index >= 15 is 0 Å². The maximum absolute atomic E-state index is 12.4. The molecule has 2 aliphatic heterocycles. The lowest BCUT2D eigenvalue weighted by Crippen LogP contribution is -2.44. The van der Waals surface area contributed by atoms with Gasteiger partial charge in [0.2, 0.25) is 6.10 Å². The number of benzene rings is 2. The number of rotatable bonds is 4. The van der Waals surface area contributed by atoms with E-state index < -0.39 is 30.6 Å². The van der Waals surface area contributed by atoms with Crippen molar-refractivity contribution in [1.29, 1.82) is 0 Å². The SMILES string of the molecule is C[C@@H]1Oc2ccccc2O[C@@H]1C(=O)OCC(=O)c1ccc2c(c1)NC(=O)CO2. The minimum Gasteiger partial charge on any atom is -0.482 e. The zero-order chi connectivity index (χ0) is 19.7. The molecule has 0 radical (unpaired) electrons. The summed E-state index contributed by atoms with van der Waals surface area (Å²) < 4.78 is 21.7. The molecule has 0 aliphatic carbocycles. The fourth-order valence-electron chi connectivity index (χ4n) is 2.94. The Labute approximate surface area is 160 Å². The minimum atomic E-state index is -0.973. The third-order valence-corrected chi connectivity index (χ3v) is 4.35. The van der Waals surface area contributed by atoms with Gasteiger partial charge in [-0.05, 0) is 37.3 Å². The van der Waals surface area contributed by atoms with Gasteiger partial charge in [-0.15, -0.1) is 0 Å². The number of para-hydroxylation sites is 2. The van der Waals surface area contributed by atoms with Gasteiger partial charge in [-0.2, -0.15) is 0 Å². The lowest BCUT2D eigenvalue weighted by Gasteiger charge is -2.30. The van der Waals surface area contributed by atoms with E-state index in [1.807, 2.05) is 0 Å². The van der Waals surface area contributed by atoms with Crippen LogP contribution in [0.15, 0.2) is 42.5 Å². The van der Waals surface area contributed by atoms with Crippen molar-refractivity contribution < 1.29 is 33.3 Å². The molecule has 2 atom stereocenters. The third-order valence-electron chi connectivity index (χ3n) is 4.35. The van der Waals surface area contributed by atoms with Crippen LogP contribution >= 0.6 is 0 Å². The highest BCUT2D eigenvalue weighted by molar-refractivity contribution is 6.01. The molecule has 144 valence electrons. The zero-order valence-electron chi connectivity index (χ0n) is 15.0. The Hall–Kier alpha value is -3.55. The molecule has 0 fully saturated rings. The molecule has 0 unspecified atom stereocenters.